The summed E-state index contributed by atoms with van der Waals surface area (Å²) in [5, 5.41) is 20.5. The minimum absolute atomic E-state index is 0.0407. The fourth-order valence-electron chi connectivity index (χ4n) is 2.36. The van der Waals surface area contributed by atoms with Crippen LogP contribution in [0.5, 0.6) is 0 Å². The molecule has 0 spiro atoms. The Hall–Kier alpha value is -0.200. The van der Waals surface area contributed by atoms with Gasteiger partial charge in [-0.2, -0.15) is 0 Å². The van der Waals surface area contributed by atoms with Gasteiger partial charge in [-0.15, -0.1) is 0 Å². The van der Waals surface area contributed by atoms with Gasteiger partial charge >= 0.3 is 0 Å². The lowest BCUT2D eigenvalue weighted by atomic mass is 9.91. The van der Waals surface area contributed by atoms with Crippen molar-refractivity contribution in [1.82, 2.24) is 0 Å². The molecule has 1 heterocycles. The molecule has 0 aromatic rings. The molecule has 0 aromatic heterocycles. The zero-order valence-corrected chi connectivity index (χ0v) is 12.8. The van der Waals surface area contributed by atoms with Gasteiger partial charge in [0.15, 0.2) is 5.79 Å². The summed E-state index contributed by atoms with van der Waals surface area (Å²) in [7, 11) is 0. The Morgan fingerprint density at radius 3 is 2.16 bits per heavy atom. The number of ether oxygens (including phenoxy) is 3. The summed E-state index contributed by atoms with van der Waals surface area (Å²) in [5.41, 5.74) is 0. The van der Waals surface area contributed by atoms with Crippen LogP contribution in [0.25, 0.3) is 0 Å². The van der Waals surface area contributed by atoms with Gasteiger partial charge < -0.3 is 24.4 Å². The molecule has 5 heteroatoms. The molecule has 0 aromatic carbocycles. The van der Waals surface area contributed by atoms with Crippen LogP contribution >= 0.6 is 0 Å². The quantitative estimate of drug-likeness (QED) is 0.765. The van der Waals surface area contributed by atoms with Crippen LogP contribution in [0.4, 0.5) is 0 Å². The molecule has 5 atom stereocenters. The summed E-state index contributed by atoms with van der Waals surface area (Å²) in [6.45, 7) is 11.4. The van der Waals surface area contributed by atoms with Gasteiger partial charge in [0.1, 0.15) is 6.10 Å². The average molecular weight is 276 g/mol. The molecule has 4 unspecified atom stereocenters. The topological polar surface area (TPSA) is 68.2 Å². The number of aliphatic hydroxyl groups is 2. The van der Waals surface area contributed by atoms with Gasteiger partial charge in [-0.3, -0.25) is 0 Å². The highest BCUT2D eigenvalue weighted by atomic mass is 16.7. The maximum absolute atomic E-state index is 10.3. The van der Waals surface area contributed by atoms with Crippen LogP contribution in [0.15, 0.2) is 0 Å². The van der Waals surface area contributed by atoms with Crippen molar-refractivity contribution in [2.45, 2.75) is 77.8 Å². The molecule has 1 rings (SSSR count). The van der Waals surface area contributed by atoms with E-state index in [1.54, 1.807) is 6.92 Å². The highest BCUT2D eigenvalue weighted by molar-refractivity contribution is 4.85. The van der Waals surface area contributed by atoms with Gasteiger partial charge in [0.25, 0.3) is 0 Å². The fourth-order valence-corrected chi connectivity index (χ4v) is 2.36. The second kappa shape index (κ2) is 6.50. The lowest BCUT2D eigenvalue weighted by Gasteiger charge is -2.31. The van der Waals surface area contributed by atoms with Crippen molar-refractivity contribution in [2.24, 2.45) is 5.92 Å². The maximum Gasteiger partial charge on any atom is 0.163 e. The molecule has 0 saturated carbocycles. The first kappa shape index (κ1) is 16.9. The van der Waals surface area contributed by atoms with Crippen molar-refractivity contribution in [3.8, 4) is 0 Å². The first-order valence-electron chi connectivity index (χ1n) is 6.97. The minimum atomic E-state index is -0.782. The van der Waals surface area contributed by atoms with E-state index in [1.807, 2.05) is 34.6 Å². The summed E-state index contributed by atoms with van der Waals surface area (Å²) in [4.78, 5) is 0. The van der Waals surface area contributed by atoms with E-state index in [1.165, 1.54) is 0 Å². The number of hydrogen-bond donors (Lipinski definition) is 2. The number of aliphatic hydroxyl groups excluding tert-OH is 2. The highest BCUT2D eigenvalue weighted by Gasteiger charge is 2.41. The SMILES string of the molecule is CC(C)O[C@H](C)C(O)C(C)C(O)C1COC(C)(C)O1. The molecule has 19 heavy (non-hydrogen) atoms. The second-order valence-electron chi connectivity index (χ2n) is 6.10. The summed E-state index contributed by atoms with van der Waals surface area (Å²) >= 11 is 0. The normalized spacial score (nSPS) is 29.2. The van der Waals surface area contributed by atoms with Gasteiger partial charge in [-0.1, -0.05) is 6.92 Å². The van der Waals surface area contributed by atoms with Crippen molar-refractivity contribution >= 4 is 0 Å². The molecule has 0 radical (unpaired) electrons. The Morgan fingerprint density at radius 2 is 1.74 bits per heavy atom. The van der Waals surface area contributed by atoms with E-state index >= 15 is 0 Å². The minimum Gasteiger partial charge on any atom is -0.390 e. The van der Waals surface area contributed by atoms with E-state index in [4.69, 9.17) is 14.2 Å². The molecule has 0 bridgehead atoms. The van der Waals surface area contributed by atoms with Gasteiger partial charge in [0.05, 0.1) is 31.0 Å². The summed E-state index contributed by atoms with van der Waals surface area (Å²) < 4.78 is 16.6. The van der Waals surface area contributed by atoms with Crippen LogP contribution in [-0.4, -0.2) is 53.1 Å². The van der Waals surface area contributed by atoms with Crippen LogP contribution in [0.1, 0.15) is 41.5 Å². The fraction of sp³-hybridized carbons (Fsp3) is 1.00. The predicted molar refractivity (Wildman–Crippen MR) is 71.8 cm³/mol. The van der Waals surface area contributed by atoms with Crippen molar-refractivity contribution in [3.63, 3.8) is 0 Å². The first-order chi connectivity index (χ1) is 8.64. The molecule has 1 aliphatic rings. The Bertz CT molecular complexity index is 279. The molecule has 1 saturated heterocycles. The molecule has 0 aliphatic carbocycles. The molecule has 1 aliphatic heterocycles. The smallest absolute Gasteiger partial charge is 0.163 e. The van der Waals surface area contributed by atoms with E-state index in [2.05, 4.69) is 0 Å². The molecule has 5 nitrogen and oxygen atoms in total. The van der Waals surface area contributed by atoms with Crippen molar-refractivity contribution < 1.29 is 24.4 Å². The predicted octanol–water partition coefficient (Wildman–Crippen LogP) is 1.31. The summed E-state index contributed by atoms with van der Waals surface area (Å²) in [5.74, 6) is -1.02. The Kier molecular flexibility index (Phi) is 5.77. The van der Waals surface area contributed by atoms with Crippen molar-refractivity contribution in [2.75, 3.05) is 6.61 Å². The first-order valence-corrected chi connectivity index (χ1v) is 6.97. The Balaban J connectivity index is 2.54. The van der Waals surface area contributed by atoms with E-state index < -0.39 is 24.1 Å². The van der Waals surface area contributed by atoms with E-state index in [-0.39, 0.29) is 18.1 Å². The Labute approximate surface area is 115 Å². The largest absolute Gasteiger partial charge is 0.390 e. The average Bonchev–Trinajstić information content (AvgIpc) is 2.65. The lowest BCUT2D eigenvalue weighted by molar-refractivity contribution is -0.164. The van der Waals surface area contributed by atoms with E-state index in [0.717, 1.165) is 0 Å². The summed E-state index contributed by atoms with van der Waals surface area (Å²) in [6.07, 6.45) is -2.23. The molecule has 2 N–H and O–H groups in total. The van der Waals surface area contributed by atoms with Gasteiger partial charge in [0, 0.05) is 5.92 Å². The Morgan fingerprint density at radius 1 is 1.16 bits per heavy atom. The standard InChI is InChI=1S/C14H28O5/c1-8(2)18-10(4)12(15)9(3)13(16)11-7-17-14(5,6)19-11/h8-13,15-16H,7H2,1-6H3/t9?,10-,11?,12?,13?/m1/s1. The zero-order chi connectivity index (χ0) is 14.8. The van der Waals surface area contributed by atoms with Crippen LogP contribution in [0, 0.1) is 5.92 Å². The molecule has 0 amide bonds. The third kappa shape index (κ3) is 4.68. The van der Waals surface area contributed by atoms with E-state index in [9.17, 15) is 10.2 Å². The van der Waals surface area contributed by atoms with Gasteiger partial charge in [0.2, 0.25) is 0 Å². The maximum atomic E-state index is 10.3. The van der Waals surface area contributed by atoms with Crippen molar-refractivity contribution in [1.29, 1.82) is 0 Å². The number of hydrogen-bond acceptors (Lipinski definition) is 5. The van der Waals surface area contributed by atoms with Crippen LogP contribution in [-0.2, 0) is 14.2 Å². The molecule has 114 valence electrons. The molecular formula is C14H28O5. The van der Waals surface area contributed by atoms with Crippen molar-refractivity contribution in [3.05, 3.63) is 0 Å². The van der Waals surface area contributed by atoms with Crippen LogP contribution < -0.4 is 0 Å². The highest BCUT2D eigenvalue weighted by Crippen LogP contribution is 2.28. The third-order valence-corrected chi connectivity index (χ3v) is 3.46. The number of rotatable bonds is 6. The van der Waals surface area contributed by atoms with Gasteiger partial charge in [-0.05, 0) is 34.6 Å². The molecular weight excluding hydrogens is 248 g/mol. The van der Waals surface area contributed by atoms with Crippen LogP contribution in [0.3, 0.4) is 0 Å². The third-order valence-electron chi connectivity index (χ3n) is 3.46. The van der Waals surface area contributed by atoms with Gasteiger partial charge in [-0.25, -0.2) is 0 Å². The lowest BCUT2D eigenvalue weighted by Crippen LogP contribution is -2.45. The van der Waals surface area contributed by atoms with Crippen LogP contribution in [0.2, 0.25) is 0 Å². The zero-order valence-electron chi connectivity index (χ0n) is 12.8. The summed E-state index contributed by atoms with van der Waals surface area (Å²) in [6, 6.07) is 0. The van der Waals surface area contributed by atoms with E-state index in [0.29, 0.717) is 6.61 Å². The monoisotopic (exact) mass is 276 g/mol. The second-order valence-corrected chi connectivity index (χ2v) is 6.10. The molecule has 1 fully saturated rings.